The summed E-state index contributed by atoms with van der Waals surface area (Å²) in [4.78, 5) is 23.9. The fraction of sp³-hybridized carbons (Fsp3) is 0.0526. The minimum absolute atomic E-state index is 0.258. The normalized spacial score (nSPS) is 10.7. The van der Waals surface area contributed by atoms with E-state index in [1.54, 1.807) is 61.5 Å². The number of halogens is 1. The van der Waals surface area contributed by atoms with Crippen LogP contribution < -0.4 is 10.2 Å². The highest BCUT2D eigenvalue weighted by atomic mass is 35.5. The molecule has 0 spiro atoms. The number of hydrazone groups is 1. The van der Waals surface area contributed by atoms with Gasteiger partial charge >= 0.3 is 5.97 Å². The Morgan fingerprint density at radius 2 is 1.85 bits per heavy atom. The Morgan fingerprint density at radius 3 is 2.48 bits per heavy atom. The van der Waals surface area contributed by atoms with Gasteiger partial charge in [0.2, 0.25) is 0 Å². The number of nitrogens with zero attached hydrogens (tertiary/aromatic N) is 2. The van der Waals surface area contributed by atoms with Gasteiger partial charge in [0, 0.05) is 10.7 Å². The number of aryl methyl sites for hydroxylation is 1. The number of nitrogens with one attached hydrogen (secondary N) is 2. The van der Waals surface area contributed by atoms with Gasteiger partial charge in [0.25, 0.3) is 5.91 Å². The van der Waals surface area contributed by atoms with E-state index in [4.69, 9.17) is 16.3 Å². The predicted molar refractivity (Wildman–Crippen MR) is 101 cm³/mol. The minimum Gasteiger partial charge on any atom is -0.423 e. The number of carbonyl (C=O) groups is 2. The molecule has 7 nitrogen and oxygen atoms in total. The van der Waals surface area contributed by atoms with Crippen LogP contribution in [0.3, 0.4) is 0 Å². The van der Waals surface area contributed by atoms with E-state index in [-0.39, 0.29) is 5.69 Å². The van der Waals surface area contributed by atoms with Crippen molar-refractivity contribution in [2.45, 2.75) is 6.92 Å². The van der Waals surface area contributed by atoms with Gasteiger partial charge in [-0.05, 0) is 67.1 Å². The van der Waals surface area contributed by atoms with E-state index in [9.17, 15) is 9.59 Å². The lowest BCUT2D eigenvalue weighted by atomic mass is 10.2. The number of amides is 1. The Balaban J connectivity index is 1.56. The summed E-state index contributed by atoms with van der Waals surface area (Å²) in [6.07, 6.45) is 1.47. The van der Waals surface area contributed by atoms with E-state index in [1.165, 1.54) is 6.21 Å². The average Bonchev–Trinajstić information content (AvgIpc) is 3.10. The van der Waals surface area contributed by atoms with Gasteiger partial charge in [-0.1, -0.05) is 11.6 Å². The van der Waals surface area contributed by atoms with Crippen LogP contribution in [0.1, 0.15) is 32.1 Å². The second-order valence-electron chi connectivity index (χ2n) is 5.60. The molecule has 0 atom stereocenters. The molecule has 0 aliphatic rings. The summed E-state index contributed by atoms with van der Waals surface area (Å²) in [6, 6.07) is 14.7. The molecule has 136 valence electrons. The maximum absolute atomic E-state index is 12.0. The highest BCUT2D eigenvalue weighted by molar-refractivity contribution is 6.30. The summed E-state index contributed by atoms with van der Waals surface area (Å²) >= 11 is 5.80. The van der Waals surface area contributed by atoms with Crippen molar-refractivity contribution < 1.29 is 14.3 Å². The van der Waals surface area contributed by atoms with Crippen LogP contribution in [0.4, 0.5) is 0 Å². The van der Waals surface area contributed by atoms with E-state index in [0.29, 0.717) is 16.3 Å². The van der Waals surface area contributed by atoms with Crippen molar-refractivity contribution in [1.82, 2.24) is 15.6 Å². The van der Waals surface area contributed by atoms with Gasteiger partial charge in [-0.3, -0.25) is 9.89 Å². The molecule has 0 saturated carbocycles. The Bertz CT molecular complexity index is 979. The van der Waals surface area contributed by atoms with E-state index in [0.717, 1.165) is 11.3 Å². The fourth-order valence-corrected chi connectivity index (χ4v) is 2.26. The first-order chi connectivity index (χ1) is 13.0. The van der Waals surface area contributed by atoms with Gasteiger partial charge in [-0.25, -0.2) is 10.2 Å². The Kier molecular flexibility index (Phi) is 5.63. The van der Waals surface area contributed by atoms with Gasteiger partial charge in [-0.15, -0.1) is 0 Å². The van der Waals surface area contributed by atoms with Crippen molar-refractivity contribution >= 4 is 29.7 Å². The molecule has 0 radical (unpaired) electrons. The zero-order valence-electron chi connectivity index (χ0n) is 14.3. The lowest BCUT2D eigenvalue weighted by Crippen LogP contribution is -2.18. The van der Waals surface area contributed by atoms with Gasteiger partial charge < -0.3 is 4.74 Å². The van der Waals surface area contributed by atoms with E-state index in [1.807, 2.05) is 0 Å². The Morgan fingerprint density at radius 1 is 1.15 bits per heavy atom. The molecule has 1 amide bonds. The lowest BCUT2D eigenvalue weighted by molar-refractivity contribution is 0.0734. The predicted octanol–water partition coefficient (Wildman–Crippen LogP) is 3.35. The zero-order chi connectivity index (χ0) is 19.2. The van der Waals surface area contributed by atoms with Gasteiger partial charge in [0.05, 0.1) is 11.8 Å². The monoisotopic (exact) mass is 382 g/mol. The van der Waals surface area contributed by atoms with Crippen molar-refractivity contribution in [3.05, 3.63) is 82.1 Å². The van der Waals surface area contributed by atoms with Crippen molar-refractivity contribution in [2.24, 2.45) is 5.10 Å². The Labute approximate surface area is 160 Å². The molecule has 0 aliphatic heterocycles. The number of H-pyrrole nitrogens is 1. The lowest BCUT2D eigenvalue weighted by Gasteiger charge is -2.04. The number of aromatic nitrogens is 2. The third kappa shape index (κ3) is 5.02. The van der Waals surface area contributed by atoms with Crippen LogP contribution >= 0.6 is 11.6 Å². The summed E-state index contributed by atoms with van der Waals surface area (Å²) in [6.45, 7) is 1.80. The Hall–Kier alpha value is -3.45. The molecule has 2 aromatic carbocycles. The minimum atomic E-state index is -0.477. The van der Waals surface area contributed by atoms with Crippen LogP contribution in [-0.4, -0.2) is 28.3 Å². The standard InChI is InChI=1S/C19H15ClN4O3/c1-12-10-17(23-22-12)18(25)24-21-11-13-2-8-16(9-3-13)27-19(26)14-4-6-15(20)7-5-14/h2-11H,1H3,(H,22,23)(H,24,25). The third-order valence-corrected chi connectivity index (χ3v) is 3.74. The second-order valence-corrected chi connectivity index (χ2v) is 6.04. The summed E-state index contributed by atoms with van der Waals surface area (Å²) in [7, 11) is 0. The molecular formula is C19H15ClN4O3. The molecule has 27 heavy (non-hydrogen) atoms. The summed E-state index contributed by atoms with van der Waals surface area (Å²) in [5.41, 5.74) is 4.56. The number of rotatable bonds is 5. The maximum atomic E-state index is 12.0. The highest BCUT2D eigenvalue weighted by Gasteiger charge is 2.09. The summed E-state index contributed by atoms with van der Waals surface area (Å²) < 4.78 is 5.29. The van der Waals surface area contributed by atoms with Crippen molar-refractivity contribution in [2.75, 3.05) is 0 Å². The number of benzene rings is 2. The number of aromatic amines is 1. The van der Waals surface area contributed by atoms with Gasteiger partial charge in [-0.2, -0.15) is 10.2 Å². The second kappa shape index (κ2) is 8.29. The molecule has 0 bridgehead atoms. The molecular weight excluding hydrogens is 368 g/mol. The number of esters is 1. The number of hydrogen-bond acceptors (Lipinski definition) is 5. The summed E-state index contributed by atoms with van der Waals surface area (Å²) in [5.74, 6) is -0.498. The quantitative estimate of drug-likeness (QED) is 0.306. The van der Waals surface area contributed by atoms with Crippen LogP contribution in [-0.2, 0) is 0 Å². The molecule has 1 aromatic heterocycles. The number of hydrogen-bond donors (Lipinski definition) is 2. The topological polar surface area (TPSA) is 96.4 Å². The van der Waals surface area contributed by atoms with Crippen LogP contribution in [0.5, 0.6) is 5.75 Å². The largest absolute Gasteiger partial charge is 0.423 e. The molecule has 8 heteroatoms. The van der Waals surface area contributed by atoms with Crippen molar-refractivity contribution in [3.8, 4) is 5.75 Å². The zero-order valence-corrected chi connectivity index (χ0v) is 15.0. The van der Waals surface area contributed by atoms with Crippen LogP contribution in [0.2, 0.25) is 5.02 Å². The molecule has 0 fully saturated rings. The van der Waals surface area contributed by atoms with Crippen molar-refractivity contribution in [1.29, 1.82) is 0 Å². The smallest absolute Gasteiger partial charge is 0.343 e. The molecule has 1 heterocycles. The van der Waals surface area contributed by atoms with E-state index < -0.39 is 11.9 Å². The van der Waals surface area contributed by atoms with Gasteiger partial charge in [0.1, 0.15) is 5.75 Å². The summed E-state index contributed by atoms with van der Waals surface area (Å²) in [5, 5.41) is 10.9. The molecule has 2 N–H and O–H groups in total. The first-order valence-corrected chi connectivity index (χ1v) is 8.32. The van der Waals surface area contributed by atoms with Crippen molar-refractivity contribution in [3.63, 3.8) is 0 Å². The molecule has 3 rings (SSSR count). The molecule has 0 unspecified atom stereocenters. The molecule has 0 saturated heterocycles. The first kappa shape index (κ1) is 18.3. The van der Waals surface area contributed by atoms with E-state index >= 15 is 0 Å². The first-order valence-electron chi connectivity index (χ1n) is 7.94. The van der Waals surface area contributed by atoms with Gasteiger partial charge in [0.15, 0.2) is 5.69 Å². The number of carbonyl (C=O) groups excluding carboxylic acids is 2. The fourth-order valence-electron chi connectivity index (χ4n) is 2.13. The number of ether oxygens (including phenoxy) is 1. The average molecular weight is 383 g/mol. The van der Waals surface area contributed by atoms with Crippen LogP contribution in [0.25, 0.3) is 0 Å². The molecule has 3 aromatic rings. The maximum Gasteiger partial charge on any atom is 0.343 e. The van der Waals surface area contributed by atoms with Crippen LogP contribution in [0.15, 0.2) is 59.7 Å². The SMILES string of the molecule is Cc1cc(C(=O)NN=Cc2ccc(OC(=O)c3ccc(Cl)cc3)cc2)n[nH]1. The third-order valence-electron chi connectivity index (χ3n) is 3.49. The van der Waals surface area contributed by atoms with Crippen LogP contribution in [0, 0.1) is 6.92 Å². The van der Waals surface area contributed by atoms with E-state index in [2.05, 4.69) is 20.7 Å². The molecule has 0 aliphatic carbocycles. The highest BCUT2D eigenvalue weighted by Crippen LogP contribution is 2.15.